The molecule has 0 aromatic heterocycles. The Hall–Kier alpha value is -0.840. The number of carbonyl (C=O) groups is 1. The Morgan fingerprint density at radius 3 is 2.92 bits per heavy atom. The molecule has 0 fully saturated rings. The number of halogens is 1. The summed E-state index contributed by atoms with van der Waals surface area (Å²) in [7, 11) is 0. The number of aldehydes is 1. The van der Waals surface area contributed by atoms with E-state index in [0.29, 0.717) is 0 Å². The van der Waals surface area contributed by atoms with Crippen molar-refractivity contribution < 1.29 is 9.53 Å². The van der Waals surface area contributed by atoms with Gasteiger partial charge in [-0.25, -0.2) is 0 Å². The second-order valence-corrected chi connectivity index (χ2v) is 3.84. The summed E-state index contributed by atoms with van der Waals surface area (Å²) in [6, 6.07) is 7.59. The molecule has 1 aromatic rings. The van der Waals surface area contributed by atoms with E-state index in [1.165, 1.54) is 0 Å². The van der Waals surface area contributed by atoms with E-state index in [1.807, 2.05) is 30.3 Å². The van der Waals surface area contributed by atoms with Crippen LogP contribution in [0.4, 0.5) is 0 Å². The van der Waals surface area contributed by atoms with Gasteiger partial charge >= 0.3 is 0 Å². The fraction of sp³-hybridized carbons (Fsp3) is 0.100. The van der Waals surface area contributed by atoms with E-state index in [0.717, 1.165) is 21.4 Å². The summed E-state index contributed by atoms with van der Waals surface area (Å²) in [4.78, 5) is 10.8. The molecule has 1 aliphatic rings. The zero-order valence-corrected chi connectivity index (χ0v) is 8.89. The molecule has 0 saturated heterocycles. The molecule has 66 valence electrons. The van der Waals surface area contributed by atoms with E-state index in [4.69, 9.17) is 4.74 Å². The first kappa shape index (κ1) is 8.74. The van der Waals surface area contributed by atoms with Crippen molar-refractivity contribution in [3.05, 3.63) is 39.7 Å². The van der Waals surface area contributed by atoms with Gasteiger partial charge in [-0.3, -0.25) is 0 Å². The average molecular weight is 286 g/mol. The first-order valence-electron chi connectivity index (χ1n) is 3.90. The molecule has 1 atom stereocenters. The Morgan fingerprint density at radius 2 is 2.15 bits per heavy atom. The minimum absolute atomic E-state index is 0.156. The molecule has 13 heavy (non-hydrogen) atoms. The van der Waals surface area contributed by atoms with Gasteiger partial charge in [0.15, 0.2) is 3.77 Å². The van der Waals surface area contributed by atoms with Crippen LogP contribution < -0.4 is 4.74 Å². The van der Waals surface area contributed by atoms with Crippen LogP contribution in [-0.4, -0.2) is 6.29 Å². The summed E-state index contributed by atoms with van der Waals surface area (Å²) < 4.78 is 6.21. The highest BCUT2D eigenvalue weighted by Crippen LogP contribution is 2.34. The zero-order chi connectivity index (χ0) is 9.26. The number of carbonyl (C=O) groups excluding carboxylic acids is 1. The number of benzene rings is 1. The monoisotopic (exact) mass is 286 g/mol. The lowest BCUT2D eigenvalue weighted by Gasteiger charge is -2.18. The van der Waals surface area contributed by atoms with Crippen LogP contribution in [0.25, 0.3) is 0 Å². The van der Waals surface area contributed by atoms with Crippen LogP contribution in [0.3, 0.4) is 0 Å². The maximum absolute atomic E-state index is 10.8. The molecular weight excluding hydrogens is 279 g/mol. The third-order valence-corrected chi connectivity index (χ3v) is 2.52. The Morgan fingerprint density at radius 1 is 1.38 bits per heavy atom. The molecule has 0 N–H and O–H groups in total. The Bertz CT molecular complexity index is 371. The van der Waals surface area contributed by atoms with Crippen LogP contribution in [0.1, 0.15) is 11.5 Å². The molecule has 0 radical (unpaired) electrons. The van der Waals surface area contributed by atoms with Gasteiger partial charge in [0.05, 0.1) is 5.92 Å². The molecule has 1 aliphatic heterocycles. The molecule has 2 nitrogen and oxygen atoms in total. The van der Waals surface area contributed by atoms with Gasteiger partial charge in [0.25, 0.3) is 0 Å². The molecule has 0 aliphatic carbocycles. The second kappa shape index (κ2) is 3.49. The lowest BCUT2D eigenvalue weighted by molar-refractivity contribution is -0.108. The Labute approximate surface area is 89.7 Å². The lowest BCUT2D eigenvalue weighted by atomic mass is 9.98. The number of hydrogen-bond acceptors (Lipinski definition) is 2. The molecular formula is C10H7IO2. The van der Waals surface area contributed by atoms with E-state index in [1.54, 1.807) is 0 Å². The minimum Gasteiger partial charge on any atom is -0.451 e. The van der Waals surface area contributed by atoms with Gasteiger partial charge in [0.2, 0.25) is 0 Å². The highest BCUT2D eigenvalue weighted by atomic mass is 127. The largest absolute Gasteiger partial charge is 0.451 e. The van der Waals surface area contributed by atoms with E-state index >= 15 is 0 Å². The van der Waals surface area contributed by atoms with Crippen molar-refractivity contribution in [2.75, 3.05) is 0 Å². The third-order valence-electron chi connectivity index (χ3n) is 1.94. The van der Waals surface area contributed by atoms with Crippen molar-refractivity contribution in [3.63, 3.8) is 0 Å². The molecule has 3 heteroatoms. The van der Waals surface area contributed by atoms with E-state index in [9.17, 15) is 4.79 Å². The van der Waals surface area contributed by atoms with E-state index in [2.05, 4.69) is 22.6 Å². The van der Waals surface area contributed by atoms with E-state index in [-0.39, 0.29) is 5.92 Å². The first-order valence-corrected chi connectivity index (χ1v) is 4.98. The second-order valence-electron chi connectivity index (χ2n) is 2.77. The fourth-order valence-corrected chi connectivity index (χ4v) is 1.96. The summed E-state index contributed by atoms with van der Waals surface area (Å²) >= 11 is 2.07. The number of hydrogen-bond donors (Lipinski definition) is 0. The van der Waals surface area contributed by atoms with E-state index < -0.39 is 0 Å². The summed E-state index contributed by atoms with van der Waals surface area (Å²) in [5.74, 6) is 0.628. The van der Waals surface area contributed by atoms with Gasteiger partial charge in [-0.1, -0.05) is 18.2 Å². The van der Waals surface area contributed by atoms with Gasteiger partial charge in [-0.05, 0) is 34.7 Å². The molecule has 0 amide bonds. The van der Waals surface area contributed by atoms with Crippen LogP contribution in [-0.2, 0) is 4.79 Å². The summed E-state index contributed by atoms with van der Waals surface area (Å²) in [5.41, 5.74) is 0.943. The molecule has 1 heterocycles. The van der Waals surface area contributed by atoms with Crippen LogP contribution in [0.15, 0.2) is 34.1 Å². The third kappa shape index (κ3) is 1.60. The standard InChI is InChI=1S/C10H7IO2/c11-10-5-7(6-12)8-3-1-2-4-9(8)13-10/h1-7H. The van der Waals surface area contributed by atoms with Crippen molar-refractivity contribution in [2.24, 2.45) is 0 Å². The minimum atomic E-state index is -0.156. The summed E-state index contributed by atoms with van der Waals surface area (Å²) in [6.07, 6.45) is 2.75. The van der Waals surface area contributed by atoms with Crippen molar-refractivity contribution in [1.82, 2.24) is 0 Å². The molecule has 2 rings (SSSR count). The maximum Gasteiger partial charge on any atom is 0.161 e. The van der Waals surface area contributed by atoms with Crippen LogP contribution in [0, 0.1) is 0 Å². The number of para-hydroxylation sites is 1. The van der Waals surface area contributed by atoms with Crippen LogP contribution >= 0.6 is 22.6 Å². The Balaban J connectivity index is 2.50. The topological polar surface area (TPSA) is 26.3 Å². The SMILES string of the molecule is O=CC1C=C(I)Oc2ccccc21. The first-order chi connectivity index (χ1) is 6.31. The molecule has 1 aromatic carbocycles. The zero-order valence-electron chi connectivity index (χ0n) is 6.74. The van der Waals surface area contributed by atoms with Crippen molar-refractivity contribution >= 4 is 28.9 Å². The van der Waals surface area contributed by atoms with Crippen molar-refractivity contribution in [1.29, 1.82) is 0 Å². The predicted octanol–water partition coefficient (Wildman–Crippen LogP) is 2.64. The van der Waals surface area contributed by atoms with Gasteiger partial charge in [0, 0.05) is 5.56 Å². The van der Waals surface area contributed by atoms with Crippen molar-refractivity contribution in [3.8, 4) is 5.75 Å². The molecule has 0 saturated carbocycles. The van der Waals surface area contributed by atoms with Gasteiger partial charge in [-0.15, -0.1) is 0 Å². The smallest absolute Gasteiger partial charge is 0.161 e. The predicted molar refractivity (Wildman–Crippen MR) is 58.0 cm³/mol. The molecule has 0 spiro atoms. The fourth-order valence-electron chi connectivity index (χ4n) is 1.33. The lowest BCUT2D eigenvalue weighted by Crippen LogP contribution is -2.07. The number of allylic oxidation sites excluding steroid dienone is 1. The van der Waals surface area contributed by atoms with Crippen LogP contribution in [0.2, 0.25) is 0 Å². The quantitative estimate of drug-likeness (QED) is 0.586. The van der Waals surface area contributed by atoms with Gasteiger partial charge < -0.3 is 9.53 Å². The average Bonchev–Trinajstić information content (AvgIpc) is 2.16. The Kier molecular flexibility index (Phi) is 2.35. The number of ether oxygens (including phenoxy) is 1. The summed E-state index contributed by atoms with van der Waals surface area (Å²) in [5, 5.41) is 0. The molecule has 1 unspecified atom stereocenters. The highest BCUT2D eigenvalue weighted by molar-refractivity contribution is 14.1. The normalized spacial score (nSPS) is 19.8. The summed E-state index contributed by atoms with van der Waals surface area (Å²) in [6.45, 7) is 0. The van der Waals surface area contributed by atoms with Crippen LogP contribution in [0.5, 0.6) is 5.75 Å². The maximum atomic E-state index is 10.8. The van der Waals surface area contributed by atoms with Gasteiger partial charge in [-0.2, -0.15) is 0 Å². The number of fused-ring (bicyclic) bond motifs is 1. The number of rotatable bonds is 1. The van der Waals surface area contributed by atoms with Gasteiger partial charge in [0.1, 0.15) is 12.0 Å². The molecule has 0 bridgehead atoms. The highest BCUT2D eigenvalue weighted by Gasteiger charge is 2.19. The van der Waals surface area contributed by atoms with Crippen molar-refractivity contribution in [2.45, 2.75) is 5.92 Å².